The molecule has 586 valence electrons. The Bertz CT molecular complexity index is 6180. The molecule has 16 aromatic carbocycles. The van der Waals surface area contributed by atoms with E-state index in [0.29, 0.717) is 11.3 Å². The van der Waals surface area contributed by atoms with Crippen molar-refractivity contribution >= 4 is 114 Å². The second-order valence-corrected chi connectivity index (χ2v) is 29.5. The third-order valence-electron chi connectivity index (χ3n) is 21.5. The maximum atomic E-state index is 12.0. The normalized spacial score (nSPS) is 11.3. The molecule has 1 aliphatic carbocycles. The molecule has 0 amide bonds. The summed E-state index contributed by atoms with van der Waals surface area (Å²) in [5, 5.41) is 2.58. The number of aromatic nitrogens is 1. The van der Waals surface area contributed by atoms with E-state index in [9.17, 15) is 4.79 Å². The fourth-order valence-electron chi connectivity index (χ4n) is 15.3. The van der Waals surface area contributed by atoms with Crippen LogP contribution in [0, 0.1) is 0 Å². The quantitative estimate of drug-likeness (QED) is 0.0401. The standard InChI is InChI=1S/C40H32N2O2.C29H25N.C22H21NO2.C20H15N/c1-30(2)40(43)44-39-28-26-38(27-29-39)42(35-16-10-5-11-17-35)37-24-20-32(21-25-37)31-18-22-36(23-19-31)41(33-12-6-3-7-13-33)34-14-8-4-9-15-34;1-4-21-15-17-25-26-18-16-24(20-28(26)29(2,3)27(25)19-21)30(22-11-7-5-8-12-22)23-13-9-6-10-14-23;1-4-17-5-7-18(8-6-17)23(19-9-13-21(24-2)14-10-19)20-11-15-22(25-3)16-12-20;1-2-15-11-13-16(14-12-15)21-19-9-5-3-7-17(19)18-8-4-6-10-20(18)21/h3-29H,1H2,2H3;4-20H,1H2,2-3H3;4-16H,1H2,2-3H3;2-14H,1H2. The zero-order valence-corrected chi connectivity index (χ0v) is 68.1. The van der Waals surface area contributed by atoms with E-state index in [-0.39, 0.29) is 5.41 Å². The molecule has 0 atom stereocenters. The Hall–Kier alpha value is -15.5. The predicted molar refractivity (Wildman–Crippen MR) is 506 cm³/mol. The van der Waals surface area contributed by atoms with Gasteiger partial charge >= 0.3 is 5.97 Å². The van der Waals surface area contributed by atoms with Crippen molar-refractivity contribution in [3.05, 3.63) is 466 Å². The van der Waals surface area contributed by atoms with Gasteiger partial charge in [-0.1, -0.05) is 259 Å². The molecule has 0 saturated carbocycles. The molecule has 18 rings (SSSR count). The van der Waals surface area contributed by atoms with E-state index >= 15 is 0 Å². The molecule has 0 N–H and O–H groups in total. The first-order valence-corrected chi connectivity index (χ1v) is 40.1. The van der Waals surface area contributed by atoms with Crippen LogP contribution in [0.25, 0.3) is 68.0 Å². The lowest BCUT2D eigenvalue weighted by molar-refractivity contribution is -0.130. The van der Waals surface area contributed by atoms with E-state index in [1.54, 1.807) is 33.3 Å². The minimum atomic E-state index is -0.436. The predicted octanol–water partition coefficient (Wildman–Crippen LogP) is 30.1. The minimum Gasteiger partial charge on any atom is -0.497 e. The van der Waals surface area contributed by atoms with Gasteiger partial charge in [-0.2, -0.15) is 0 Å². The summed E-state index contributed by atoms with van der Waals surface area (Å²) < 4.78 is 18.3. The first-order chi connectivity index (χ1) is 58.8. The summed E-state index contributed by atoms with van der Waals surface area (Å²) in [7, 11) is 3.34. The summed E-state index contributed by atoms with van der Waals surface area (Å²) in [6, 6.07) is 140. The lowest BCUT2D eigenvalue weighted by Crippen LogP contribution is -2.16. The number of nitrogens with zero attached hydrogens (tertiary/aromatic N) is 5. The van der Waals surface area contributed by atoms with Gasteiger partial charge in [-0.05, 0) is 263 Å². The van der Waals surface area contributed by atoms with Crippen molar-refractivity contribution in [2.24, 2.45) is 0 Å². The van der Waals surface area contributed by atoms with Crippen LogP contribution >= 0.6 is 0 Å². The molecule has 9 heteroatoms. The molecule has 0 fully saturated rings. The van der Waals surface area contributed by atoms with Crippen molar-refractivity contribution in [2.75, 3.05) is 33.8 Å². The number of methoxy groups -OCH3 is 2. The molecule has 0 aliphatic heterocycles. The van der Waals surface area contributed by atoms with Crippen LogP contribution in [0.3, 0.4) is 0 Å². The van der Waals surface area contributed by atoms with Crippen LogP contribution in [-0.2, 0) is 10.2 Å². The number of rotatable bonds is 21. The second kappa shape index (κ2) is 37.0. The SMILES string of the molecule is C=C(C)C(=O)Oc1ccc(N(c2ccccc2)c2ccc(-c3ccc(N(c4ccccc4)c4ccccc4)cc3)cc2)cc1.C=Cc1ccc(-n2c3ccccc3c3ccccc32)cc1.C=Cc1ccc(N(c2ccc(OC)cc2)c2ccc(OC)cc2)cc1.C=Cc1ccc2c(c1)C(C)(C)c1cc(N(c3ccccc3)c3ccccc3)ccc1-2. The number of anilines is 12. The fourth-order valence-corrected chi connectivity index (χ4v) is 15.3. The highest BCUT2D eigenvalue weighted by molar-refractivity contribution is 6.09. The van der Waals surface area contributed by atoms with Gasteiger partial charge in [-0.15, -0.1) is 0 Å². The molecule has 0 spiro atoms. The number of carbonyl (C=O) groups excluding carboxylic acids is 1. The molecule has 0 unspecified atom stereocenters. The Kier molecular flexibility index (Phi) is 24.6. The molecule has 9 nitrogen and oxygen atoms in total. The van der Waals surface area contributed by atoms with Gasteiger partial charge in [0.25, 0.3) is 0 Å². The zero-order valence-electron chi connectivity index (χ0n) is 68.1. The lowest BCUT2D eigenvalue weighted by atomic mass is 9.82. The zero-order chi connectivity index (χ0) is 82.9. The Morgan fingerprint density at radius 1 is 0.308 bits per heavy atom. The molecular weight excluding hydrogens is 1470 g/mol. The average molecular weight is 1560 g/mol. The van der Waals surface area contributed by atoms with Gasteiger partial charge < -0.3 is 38.4 Å². The molecule has 0 saturated heterocycles. The number of carbonyl (C=O) groups is 1. The first kappa shape index (κ1) is 79.8. The molecule has 1 aliphatic rings. The maximum absolute atomic E-state index is 12.0. The van der Waals surface area contributed by atoms with Crippen LogP contribution in [0.1, 0.15) is 48.6 Å². The van der Waals surface area contributed by atoms with Crippen molar-refractivity contribution < 1.29 is 19.0 Å². The van der Waals surface area contributed by atoms with Crippen LogP contribution in [0.5, 0.6) is 17.2 Å². The first-order valence-electron chi connectivity index (χ1n) is 40.1. The van der Waals surface area contributed by atoms with Crippen molar-refractivity contribution in [1.82, 2.24) is 4.57 Å². The van der Waals surface area contributed by atoms with Gasteiger partial charge in [0.2, 0.25) is 0 Å². The fraction of sp³-hybridized carbons (Fsp3) is 0.0541. The highest BCUT2D eigenvalue weighted by Crippen LogP contribution is 2.52. The number of ether oxygens (including phenoxy) is 3. The largest absolute Gasteiger partial charge is 0.497 e. The van der Waals surface area contributed by atoms with Crippen LogP contribution in [0.4, 0.5) is 68.2 Å². The summed E-state index contributed by atoms with van der Waals surface area (Å²) in [6.45, 7) is 21.5. The highest BCUT2D eigenvalue weighted by atomic mass is 16.5. The van der Waals surface area contributed by atoms with E-state index in [2.05, 4.69) is 368 Å². The topological polar surface area (TPSA) is 62.7 Å². The number of para-hydroxylation sites is 7. The second-order valence-electron chi connectivity index (χ2n) is 29.5. The van der Waals surface area contributed by atoms with Crippen LogP contribution in [-0.4, -0.2) is 24.8 Å². The van der Waals surface area contributed by atoms with E-state index in [0.717, 1.165) is 96.3 Å². The minimum absolute atomic E-state index is 0.0568. The summed E-state index contributed by atoms with van der Waals surface area (Å²) in [4.78, 5) is 20.9. The number of hydrogen-bond acceptors (Lipinski definition) is 8. The molecule has 0 radical (unpaired) electrons. The molecule has 0 bridgehead atoms. The van der Waals surface area contributed by atoms with E-state index in [4.69, 9.17) is 14.2 Å². The summed E-state index contributed by atoms with van der Waals surface area (Å²) in [6.07, 6.45) is 5.64. The van der Waals surface area contributed by atoms with Gasteiger partial charge in [0.15, 0.2) is 0 Å². The third-order valence-corrected chi connectivity index (χ3v) is 21.5. The molecule has 120 heavy (non-hydrogen) atoms. The third kappa shape index (κ3) is 17.7. The van der Waals surface area contributed by atoms with Crippen molar-refractivity contribution in [1.29, 1.82) is 0 Å². The number of hydrogen-bond donors (Lipinski definition) is 0. The summed E-state index contributed by atoms with van der Waals surface area (Å²) in [5.74, 6) is 1.71. The number of fused-ring (bicyclic) bond motifs is 6. The van der Waals surface area contributed by atoms with Crippen molar-refractivity contribution in [2.45, 2.75) is 26.2 Å². The van der Waals surface area contributed by atoms with Crippen molar-refractivity contribution in [3.63, 3.8) is 0 Å². The van der Waals surface area contributed by atoms with Gasteiger partial charge in [0.05, 0.1) is 25.3 Å². The molecular formula is C111H93N5O4. The van der Waals surface area contributed by atoms with Gasteiger partial charge in [0, 0.05) is 95.7 Å². The lowest BCUT2D eigenvalue weighted by Gasteiger charge is -2.28. The van der Waals surface area contributed by atoms with E-state index < -0.39 is 5.97 Å². The molecule has 1 heterocycles. The van der Waals surface area contributed by atoms with E-state index in [1.165, 1.54) is 61.0 Å². The Balaban J connectivity index is 0.000000130. The molecule has 17 aromatic rings. The van der Waals surface area contributed by atoms with Crippen LogP contribution in [0.2, 0.25) is 0 Å². The summed E-state index contributed by atoms with van der Waals surface area (Å²) in [5.41, 5.74) is 28.0. The van der Waals surface area contributed by atoms with Crippen LogP contribution in [0.15, 0.2) is 438 Å². The van der Waals surface area contributed by atoms with Crippen molar-refractivity contribution in [3.8, 4) is 45.2 Å². The maximum Gasteiger partial charge on any atom is 0.338 e. The number of esters is 1. The van der Waals surface area contributed by atoms with Crippen LogP contribution < -0.4 is 33.8 Å². The Morgan fingerprint density at radius 3 is 0.933 bits per heavy atom. The van der Waals surface area contributed by atoms with Gasteiger partial charge in [-0.25, -0.2) is 4.79 Å². The molecule has 1 aromatic heterocycles. The van der Waals surface area contributed by atoms with Gasteiger partial charge in [-0.3, -0.25) is 0 Å². The number of benzene rings is 16. The summed E-state index contributed by atoms with van der Waals surface area (Å²) >= 11 is 0. The monoisotopic (exact) mass is 1560 g/mol. The Labute approximate surface area is 704 Å². The van der Waals surface area contributed by atoms with E-state index in [1.807, 2.05) is 109 Å². The highest BCUT2D eigenvalue weighted by Gasteiger charge is 2.36. The smallest absolute Gasteiger partial charge is 0.338 e. The average Bonchev–Trinajstić information content (AvgIpc) is 1.61. The Morgan fingerprint density at radius 2 is 0.583 bits per heavy atom. The van der Waals surface area contributed by atoms with Gasteiger partial charge in [0.1, 0.15) is 17.2 Å².